The highest BCUT2D eigenvalue weighted by Crippen LogP contribution is 2.35. The second-order valence-corrected chi connectivity index (χ2v) is 10.5. The molecule has 0 spiro atoms. The average Bonchev–Trinajstić information content (AvgIpc) is 3.15. The Bertz CT molecular complexity index is 964. The van der Waals surface area contributed by atoms with E-state index < -0.39 is 21.5 Å². The van der Waals surface area contributed by atoms with Gasteiger partial charge in [0.1, 0.15) is 5.54 Å². The highest BCUT2D eigenvalue weighted by atomic mass is 32.2. The molecular weight excluding hydrogens is 436 g/mol. The molecule has 1 aromatic carbocycles. The molecule has 2 fully saturated rings. The van der Waals surface area contributed by atoms with Crippen LogP contribution in [-0.4, -0.2) is 63.6 Å². The highest BCUT2D eigenvalue weighted by Gasteiger charge is 2.45. The fourth-order valence-electron chi connectivity index (χ4n) is 4.70. The van der Waals surface area contributed by atoms with Crippen molar-refractivity contribution in [2.75, 3.05) is 33.4 Å². The van der Waals surface area contributed by atoms with E-state index in [-0.39, 0.29) is 29.8 Å². The maximum absolute atomic E-state index is 13.2. The lowest BCUT2D eigenvalue weighted by Crippen LogP contribution is -2.55. The molecule has 2 heterocycles. The van der Waals surface area contributed by atoms with Crippen molar-refractivity contribution in [3.8, 4) is 11.5 Å². The standard InChI is InChI=1S/C22H30N2O7S/c1-29-21(26)22(9-2-3-10-22)23-20(25)16-7-11-24(12-8-16)32(27,28)17-5-6-18-19(15-17)31-14-4-13-30-18/h5-6,15-16H,2-4,7-14H2,1H3,(H,23,25). The van der Waals surface area contributed by atoms with Crippen LogP contribution in [0.3, 0.4) is 0 Å². The monoisotopic (exact) mass is 466 g/mol. The lowest BCUT2D eigenvalue weighted by molar-refractivity contribution is -0.151. The quantitative estimate of drug-likeness (QED) is 0.659. The van der Waals surface area contributed by atoms with Crippen molar-refractivity contribution < 1.29 is 32.2 Å². The number of piperidine rings is 1. The Hall–Kier alpha value is -2.33. The van der Waals surface area contributed by atoms with Crippen molar-refractivity contribution in [2.24, 2.45) is 5.92 Å². The topological polar surface area (TPSA) is 111 Å². The van der Waals surface area contributed by atoms with E-state index in [1.165, 1.54) is 23.5 Å². The first-order valence-electron chi connectivity index (χ1n) is 11.2. The van der Waals surface area contributed by atoms with Gasteiger partial charge in [-0.3, -0.25) is 4.79 Å². The summed E-state index contributed by atoms with van der Waals surface area (Å²) in [6, 6.07) is 4.67. The molecule has 1 amide bonds. The number of carbonyl (C=O) groups is 2. The Morgan fingerprint density at radius 1 is 1.06 bits per heavy atom. The Kier molecular flexibility index (Phi) is 6.62. The van der Waals surface area contributed by atoms with Gasteiger partial charge in [0.2, 0.25) is 15.9 Å². The van der Waals surface area contributed by atoms with Gasteiger partial charge in [-0.25, -0.2) is 13.2 Å². The van der Waals surface area contributed by atoms with Crippen LogP contribution in [-0.2, 0) is 24.3 Å². The minimum absolute atomic E-state index is 0.153. The number of rotatable bonds is 5. The third kappa shape index (κ3) is 4.43. The molecule has 1 saturated heterocycles. The van der Waals surface area contributed by atoms with Crippen molar-refractivity contribution in [3.05, 3.63) is 18.2 Å². The number of nitrogens with zero attached hydrogens (tertiary/aromatic N) is 1. The predicted octanol–water partition coefficient (Wildman–Crippen LogP) is 1.85. The number of hydrogen-bond acceptors (Lipinski definition) is 7. The number of carbonyl (C=O) groups excluding carboxylic acids is 2. The van der Waals surface area contributed by atoms with Crippen LogP contribution in [0.15, 0.2) is 23.1 Å². The zero-order valence-corrected chi connectivity index (χ0v) is 19.1. The van der Waals surface area contributed by atoms with Gasteiger partial charge in [-0.05, 0) is 37.8 Å². The van der Waals surface area contributed by atoms with E-state index >= 15 is 0 Å². The minimum atomic E-state index is -3.72. The Balaban J connectivity index is 1.40. The van der Waals surface area contributed by atoms with E-state index in [1.807, 2.05) is 0 Å². The van der Waals surface area contributed by atoms with Crippen molar-refractivity contribution >= 4 is 21.9 Å². The largest absolute Gasteiger partial charge is 0.490 e. The molecule has 2 aliphatic heterocycles. The van der Waals surface area contributed by atoms with E-state index in [1.54, 1.807) is 6.07 Å². The fourth-order valence-corrected chi connectivity index (χ4v) is 6.19. The van der Waals surface area contributed by atoms with Gasteiger partial charge in [-0.1, -0.05) is 12.8 Å². The minimum Gasteiger partial charge on any atom is -0.490 e. The molecule has 9 nitrogen and oxygen atoms in total. The Morgan fingerprint density at radius 3 is 2.38 bits per heavy atom. The van der Waals surface area contributed by atoms with E-state index in [2.05, 4.69) is 5.32 Å². The van der Waals surface area contributed by atoms with E-state index in [0.29, 0.717) is 50.4 Å². The van der Waals surface area contributed by atoms with Crippen LogP contribution in [0.2, 0.25) is 0 Å². The molecule has 1 aliphatic carbocycles. The third-order valence-corrected chi connectivity index (χ3v) is 8.47. The molecule has 3 aliphatic rings. The average molecular weight is 467 g/mol. The summed E-state index contributed by atoms with van der Waals surface area (Å²) in [4.78, 5) is 25.3. The summed E-state index contributed by atoms with van der Waals surface area (Å²) >= 11 is 0. The van der Waals surface area contributed by atoms with Crippen LogP contribution in [0.5, 0.6) is 11.5 Å². The van der Waals surface area contributed by atoms with Crippen LogP contribution < -0.4 is 14.8 Å². The first kappa shape index (κ1) is 22.8. The number of benzene rings is 1. The third-order valence-electron chi connectivity index (χ3n) is 6.58. The maximum atomic E-state index is 13.2. The summed E-state index contributed by atoms with van der Waals surface area (Å²) in [6.07, 6.45) is 4.40. The van der Waals surface area contributed by atoms with Crippen molar-refractivity contribution in [2.45, 2.75) is 55.4 Å². The molecule has 176 valence electrons. The van der Waals surface area contributed by atoms with Gasteiger partial charge in [0.15, 0.2) is 11.5 Å². The van der Waals surface area contributed by atoms with Gasteiger partial charge in [-0.15, -0.1) is 0 Å². The summed E-state index contributed by atoms with van der Waals surface area (Å²) in [6.45, 7) is 1.48. The van der Waals surface area contributed by atoms with Gasteiger partial charge in [0.05, 0.1) is 25.2 Å². The molecule has 0 atom stereocenters. The molecule has 32 heavy (non-hydrogen) atoms. The van der Waals surface area contributed by atoms with Gasteiger partial charge >= 0.3 is 5.97 Å². The van der Waals surface area contributed by atoms with Crippen molar-refractivity contribution in [3.63, 3.8) is 0 Å². The fraction of sp³-hybridized carbons (Fsp3) is 0.636. The Labute approximate surface area is 188 Å². The normalized spacial score (nSPS) is 21.5. The number of esters is 1. The Morgan fingerprint density at radius 2 is 1.72 bits per heavy atom. The molecule has 1 aromatic rings. The summed E-state index contributed by atoms with van der Waals surface area (Å²) in [5.74, 6) is 0.0286. The highest BCUT2D eigenvalue weighted by molar-refractivity contribution is 7.89. The summed E-state index contributed by atoms with van der Waals surface area (Å²) in [5, 5.41) is 2.93. The molecular formula is C22H30N2O7S. The molecule has 4 rings (SSSR count). The molecule has 10 heteroatoms. The van der Waals surface area contributed by atoms with Crippen LogP contribution >= 0.6 is 0 Å². The van der Waals surface area contributed by atoms with Gasteiger partial charge in [0.25, 0.3) is 0 Å². The SMILES string of the molecule is COC(=O)C1(NC(=O)C2CCN(S(=O)(=O)c3ccc4c(c3)OCCCO4)CC2)CCCC1. The smallest absolute Gasteiger partial charge is 0.331 e. The second kappa shape index (κ2) is 9.27. The zero-order valence-electron chi connectivity index (χ0n) is 18.3. The maximum Gasteiger partial charge on any atom is 0.331 e. The van der Waals surface area contributed by atoms with Gasteiger partial charge in [-0.2, -0.15) is 4.31 Å². The number of fused-ring (bicyclic) bond motifs is 1. The van der Waals surface area contributed by atoms with Crippen LogP contribution in [0.4, 0.5) is 0 Å². The lowest BCUT2D eigenvalue weighted by atomic mass is 9.92. The second-order valence-electron chi connectivity index (χ2n) is 8.61. The number of sulfonamides is 1. The van der Waals surface area contributed by atoms with Gasteiger partial charge < -0.3 is 19.5 Å². The number of hydrogen-bond donors (Lipinski definition) is 1. The van der Waals surface area contributed by atoms with Crippen LogP contribution in [0.1, 0.15) is 44.9 Å². The number of ether oxygens (including phenoxy) is 3. The van der Waals surface area contributed by atoms with Crippen LogP contribution in [0, 0.1) is 5.92 Å². The first-order chi connectivity index (χ1) is 15.4. The lowest BCUT2D eigenvalue weighted by Gasteiger charge is -2.33. The van der Waals surface area contributed by atoms with Gasteiger partial charge in [0, 0.05) is 31.5 Å². The summed E-state index contributed by atoms with van der Waals surface area (Å²) in [7, 11) is -2.39. The molecule has 0 bridgehead atoms. The van der Waals surface area contributed by atoms with Crippen LogP contribution in [0.25, 0.3) is 0 Å². The van der Waals surface area contributed by atoms with Crippen molar-refractivity contribution in [1.29, 1.82) is 0 Å². The van der Waals surface area contributed by atoms with E-state index in [4.69, 9.17) is 14.2 Å². The molecule has 1 N–H and O–H groups in total. The number of amides is 1. The van der Waals surface area contributed by atoms with E-state index in [9.17, 15) is 18.0 Å². The summed E-state index contributed by atoms with van der Waals surface area (Å²) < 4.78 is 43.9. The molecule has 0 aromatic heterocycles. The molecule has 1 saturated carbocycles. The van der Waals surface area contributed by atoms with E-state index in [0.717, 1.165) is 19.3 Å². The number of methoxy groups -OCH3 is 1. The summed E-state index contributed by atoms with van der Waals surface area (Å²) in [5.41, 5.74) is -0.945. The zero-order chi connectivity index (χ0) is 22.8. The number of nitrogens with one attached hydrogen (secondary N) is 1. The molecule has 0 unspecified atom stereocenters. The first-order valence-corrected chi connectivity index (χ1v) is 12.6. The predicted molar refractivity (Wildman–Crippen MR) is 115 cm³/mol. The van der Waals surface area contributed by atoms with Crippen molar-refractivity contribution in [1.82, 2.24) is 9.62 Å². The molecule has 0 radical (unpaired) electrons.